The number of nitrogens with zero attached hydrogens (tertiary/aromatic N) is 1. The Bertz CT molecular complexity index is 1570. The summed E-state index contributed by atoms with van der Waals surface area (Å²) in [6.07, 6.45) is -0.422. The van der Waals surface area contributed by atoms with Gasteiger partial charge in [0.15, 0.2) is 0 Å². The molecule has 3 atom stereocenters. The number of para-hydroxylation sites is 1. The van der Waals surface area contributed by atoms with E-state index in [0.29, 0.717) is 5.57 Å². The molecule has 0 saturated heterocycles. The van der Waals surface area contributed by atoms with Crippen LogP contribution in [0.1, 0.15) is 34.2 Å². The van der Waals surface area contributed by atoms with Gasteiger partial charge in [-0.2, -0.15) is 0 Å². The summed E-state index contributed by atoms with van der Waals surface area (Å²) in [6, 6.07) is 39.4. The van der Waals surface area contributed by atoms with Gasteiger partial charge in [-0.3, -0.25) is 0 Å². The maximum Gasteiger partial charge on any atom is 0.339 e. The third-order valence-electron chi connectivity index (χ3n) is 7.90. The van der Waals surface area contributed by atoms with Crippen LogP contribution in [0, 0.1) is 0 Å². The van der Waals surface area contributed by atoms with Crippen LogP contribution in [0.25, 0.3) is 5.57 Å². The third-order valence-corrected chi connectivity index (χ3v) is 7.90. The topological polar surface area (TPSA) is 38.8 Å². The summed E-state index contributed by atoms with van der Waals surface area (Å²) in [5.74, 6) is 0.356. The van der Waals surface area contributed by atoms with E-state index < -0.39 is 6.10 Å². The summed E-state index contributed by atoms with van der Waals surface area (Å²) in [7, 11) is 1.71. The van der Waals surface area contributed by atoms with E-state index in [-0.39, 0.29) is 17.9 Å². The summed E-state index contributed by atoms with van der Waals surface area (Å²) in [4.78, 5) is 15.8. The number of anilines is 1. The van der Waals surface area contributed by atoms with E-state index >= 15 is 0 Å². The zero-order valence-corrected chi connectivity index (χ0v) is 21.1. The Kier molecular flexibility index (Phi) is 5.40. The molecule has 38 heavy (non-hydrogen) atoms. The van der Waals surface area contributed by atoms with Gasteiger partial charge in [-0.15, -0.1) is 0 Å². The second-order valence-corrected chi connectivity index (χ2v) is 9.93. The van der Waals surface area contributed by atoms with Crippen molar-refractivity contribution in [3.63, 3.8) is 0 Å². The van der Waals surface area contributed by atoms with E-state index in [1.54, 1.807) is 7.11 Å². The van der Waals surface area contributed by atoms with Crippen LogP contribution in [0.2, 0.25) is 0 Å². The molecule has 4 aromatic carbocycles. The van der Waals surface area contributed by atoms with Gasteiger partial charge in [0.1, 0.15) is 11.9 Å². The van der Waals surface area contributed by atoms with Crippen molar-refractivity contribution >= 4 is 17.2 Å². The molecule has 0 unspecified atom stereocenters. The number of methoxy groups -OCH3 is 1. The SMILES string of the molecule is COC1=C2[C@H](c3ccccc3)N(Cc3ccccc3)c3ccccc3[C@H]2[C@@H]2OC(=O)C(c3ccccc3)=C12. The predicted octanol–water partition coefficient (Wildman–Crippen LogP) is 6.83. The molecule has 186 valence electrons. The number of esters is 1. The summed E-state index contributed by atoms with van der Waals surface area (Å²) in [5, 5.41) is 0. The highest BCUT2D eigenvalue weighted by Gasteiger charge is 2.55. The maximum absolute atomic E-state index is 13.3. The Hall–Kier alpha value is -4.57. The molecule has 3 aliphatic rings. The van der Waals surface area contributed by atoms with Crippen molar-refractivity contribution in [1.82, 2.24) is 0 Å². The van der Waals surface area contributed by atoms with E-state index in [9.17, 15) is 4.79 Å². The van der Waals surface area contributed by atoms with Crippen molar-refractivity contribution in [2.75, 3.05) is 12.0 Å². The van der Waals surface area contributed by atoms with Gasteiger partial charge in [-0.05, 0) is 28.3 Å². The standard InChI is InChI=1S/C34H27NO3/c1-37-32-29-28(33-30(32)27(34(36)38-33)23-15-7-3-8-16-23)25-19-11-12-20-26(25)35(21-22-13-5-2-6-14-22)31(29)24-17-9-4-10-18-24/h2-20,28,31,33H,21H2,1H3/t28-,31+,33+/m1/s1. The molecule has 0 spiro atoms. The van der Waals surface area contributed by atoms with Gasteiger partial charge in [0.2, 0.25) is 0 Å². The molecule has 0 bridgehead atoms. The molecule has 0 radical (unpaired) electrons. The predicted molar refractivity (Wildman–Crippen MR) is 148 cm³/mol. The second kappa shape index (κ2) is 9.07. The quantitative estimate of drug-likeness (QED) is 0.284. The minimum absolute atomic E-state index is 0.0833. The summed E-state index contributed by atoms with van der Waals surface area (Å²) >= 11 is 0. The Balaban J connectivity index is 1.52. The zero-order chi connectivity index (χ0) is 25.6. The molecule has 2 aliphatic heterocycles. The van der Waals surface area contributed by atoms with Crippen LogP contribution in [0.15, 0.2) is 132 Å². The van der Waals surface area contributed by atoms with Crippen molar-refractivity contribution < 1.29 is 14.3 Å². The number of carbonyl (C=O) groups excluding carboxylic acids is 1. The summed E-state index contributed by atoms with van der Waals surface area (Å²) in [5.41, 5.74) is 8.19. The first-order valence-electron chi connectivity index (χ1n) is 13.0. The van der Waals surface area contributed by atoms with Crippen molar-refractivity contribution in [2.45, 2.75) is 24.6 Å². The van der Waals surface area contributed by atoms with Crippen LogP contribution in [0.4, 0.5) is 5.69 Å². The van der Waals surface area contributed by atoms with Gasteiger partial charge in [0, 0.05) is 17.8 Å². The van der Waals surface area contributed by atoms with E-state index in [4.69, 9.17) is 9.47 Å². The van der Waals surface area contributed by atoms with Gasteiger partial charge in [0.05, 0.1) is 30.2 Å². The molecule has 0 amide bonds. The number of ether oxygens (including phenoxy) is 2. The van der Waals surface area contributed by atoms with Crippen LogP contribution in [-0.2, 0) is 20.8 Å². The number of carbonyl (C=O) groups is 1. The minimum atomic E-state index is -0.422. The minimum Gasteiger partial charge on any atom is -0.496 e. The molecule has 4 nitrogen and oxygen atoms in total. The molecule has 2 heterocycles. The highest BCUT2D eigenvalue weighted by atomic mass is 16.6. The first kappa shape index (κ1) is 22.6. The van der Waals surface area contributed by atoms with Crippen molar-refractivity contribution in [3.8, 4) is 0 Å². The Morgan fingerprint density at radius 3 is 2.13 bits per heavy atom. The zero-order valence-electron chi connectivity index (χ0n) is 21.1. The molecule has 0 fully saturated rings. The largest absolute Gasteiger partial charge is 0.496 e. The van der Waals surface area contributed by atoms with Crippen LogP contribution in [0.3, 0.4) is 0 Å². The van der Waals surface area contributed by atoms with E-state index in [1.807, 2.05) is 42.5 Å². The smallest absolute Gasteiger partial charge is 0.339 e. The van der Waals surface area contributed by atoms with Gasteiger partial charge in [0.25, 0.3) is 0 Å². The number of hydrogen-bond donors (Lipinski definition) is 0. The Labute approximate surface area is 222 Å². The van der Waals surface area contributed by atoms with E-state index in [1.165, 1.54) is 11.1 Å². The summed E-state index contributed by atoms with van der Waals surface area (Å²) < 4.78 is 12.4. The molecule has 4 heteroatoms. The molecule has 1 aliphatic carbocycles. The van der Waals surface area contributed by atoms with Crippen molar-refractivity contribution in [2.24, 2.45) is 0 Å². The fourth-order valence-electron chi connectivity index (χ4n) is 6.42. The highest BCUT2D eigenvalue weighted by molar-refractivity contribution is 6.21. The van der Waals surface area contributed by atoms with E-state index in [2.05, 4.69) is 77.7 Å². The van der Waals surface area contributed by atoms with Crippen molar-refractivity contribution in [3.05, 3.63) is 154 Å². The second-order valence-electron chi connectivity index (χ2n) is 9.93. The molecule has 0 saturated carbocycles. The fourth-order valence-corrected chi connectivity index (χ4v) is 6.42. The van der Waals surface area contributed by atoms with Crippen LogP contribution in [0.5, 0.6) is 0 Å². The van der Waals surface area contributed by atoms with Crippen LogP contribution >= 0.6 is 0 Å². The molecule has 7 rings (SSSR count). The number of hydrogen-bond acceptors (Lipinski definition) is 4. The van der Waals surface area contributed by atoms with Crippen molar-refractivity contribution in [1.29, 1.82) is 0 Å². The molecule has 4 aromatic rings. The molecular weight excluding hydrogens is 470 g/mol. The first-order chi connectivity index (χ1) is 18.8. The highest BCUT2D eigenvalue weighted by Crippen LogP contribution is 2.60. The monoisotopic (exact) mass is 497 g/mol. The average Bonchev–Trinajstić information content (AvgIpc) is 3.46. The lowest BCUT2D eigenvalue weighted by Crippen LogP contribution is -2.38. The lowest BCUT2D eigenvalue weighted by molar-refractivity contribution is -0.138. The Morgan fingerprint density at radius 2 is 1.42 bits per heavy atom. The average molecular weight is 498 g/mol. The number of benzene rings is 4. The lowest BCUT2D eigenvalue weighted by atomic mass is 9.78. The van der Waals surface area contributed by atoms with Gasteiger partial charge < -0.3 is 14.4 Å². The fraction of sp³-hybridized carbons (Fsp3) is 0.147. The molecular formula is C34H27NO3. The van der Waals surface area contributed by atoms with Crippen LogP contribution < -0.4 is 4.90 Å². The van der Waals surface area contributed by atoms with Crippen LogP contribution in [-0.4, -0.2) is 19.2 Å². The number of rotatable bonds is 5. The third kappa shape index (κ3) is 3.41. The van der Waals surface area contributed by atoms with E-state index in [0.717, 1.165) is 40.3 Å². The normalized spacial score (nSPS) is 21.7. The number of fused-ring (bicyclic) bond motifs is 5. The van der Waals surface area contributed by atoms with Gasteiger partial charge in [-0.1, -0.05) is 109 Å². The molecule has 0 N–H and O–H groups in total. The van der Waals surface area contributed by atoms with Gasteiger partial charge in [-0.25, -0.2) is 4.79 Å². The maximum atomic E-state index is 13.3. The van der Waals surface area contributed by atoms with Gasteiger partial charge >= 0.3 is 5.97 Å². The lowest BCUT2D eigenvalue weighted by Gasteiger charge is -2.44. The molecule has 0 aromatic heterocycles. The summed E-state index contributed by atoms with van der Waals surface area (Å²) in [6.45, 7) is 0.736. The Morgan fingerprint density at radius 1 is 0.789 bits per heavy atom. The first-order valence-corrected chi connectivity index (χ1v) is 13.0.